The lowest BCUT2D eigenvalue weighted by molar-refractivity contribution is -0.384. The first-order valence-corrected chi connectivity index (χ1v) is 18.2. The summed E-state index contributed by atoms with van der Waals surface area (Å²) >= 11 is 6.09. The minimum atomic E-state index is -1.58. The quantitative estimate of drug-likeness (QED) is 0.0643. The Morgan fingerprint density at radius 2 is 1.60 bits per heavy atom. The number of rotatable bonds is 14. The highest BCUT2D eigenvalue weighted by Crippen LogP contribution is 2.33. The van der Waals surface area contributed by atoms with Gasteiger partial charge in [0.2, 0.25) is 29.5 Å². The summed E-state index contributed by atoms with van der Waals surface area (Å²) in [6.07, 6.45) is -0.376. The van der Waals surface area contributed by atoms with E-state index in [0.717, 1.165) is 27.4 Å². The standard InChI is InChI=1S/C40H39ClN8O8/c41-28-15-12-24(19-33(28)49(56)57)37-47-35(51)20-34(48(37)40(55)29(42)16-23-10-13-26(50)14-11-23)39(54)46-32(18-25-21-44-30-9-5-4-8-27(25)30)38(53)45-31(36(43)52)17-22-6-2-1-3-7-22/h1-15,19,21,29,31-32,34,37,44,50H,16-18,20,42H2,(H2,43,52)(H,45,53)(H,46,54)(H,47,51)/t29-,31-,32-,34-,37?/m0/s1. The average molecular weight is 795 g/mol. The summed E-state index contributed by atoms with van der Waals surface area (Å²) in [5.74, 6) is -3.98. The molecule has 1 aliphatic rings. The second kappa shape index (κ2) is 17.3. The van der Waals surface area contributed by atoms with E-state index in [1.165, 1.54) is 24.3 Å². The number of amides is 5. The predicted molar refractivity (Wildman–Crippen MR) is 209 cm³/mol. The third-order valence-electron chi connectivity index (χ3n) is 9.71. The summed E-state index contributed by atoms with van der Waals surface area (Å²) in [5, 5.41) is 30.2. The highest BCUT2D eigenvalue weighted by molar-refractivity contribution is 6.32. The van der Waals surface area contributed by atoms with E-state index >= 15 is 0 Å². The molecule has 5 aromatic rings. The molecule has 1 unspecified atom stereocenters. The van der Waals surface area contributed by atoms with Crippen molar-refractivity contribution in [2.75, 3.05) is 0 Å². The maximum atomic E-state index is 14.5. The number of carbonyl (C=O) groups is 5. The monoisotopic (exact) mass is 794 g/mol. The number of fused-ring (bicyclic) bond motifs is 1. The van der Waals surface area contributed by atoms with Crippen LogP contribution < -0.4 is 27.4 Å². The Kier molecular flexibility index (Phi) is 12.1. The summed E-state index contributed by atoms with van der Waals surface area (Å²) in [6, 6.07) is 20.4. The second-order valence-corrected chi connectivity index (χ2v) is 14.1. The number of nitro benzene ring substituents is 1. The van der Waals surface area contributed by atoms with E-state index in [9.17, 15) is 39.2 Å². The number of primary amides is 1. The van der Waals surface area contributed by atoms with E-state index in [-0.39, 0.29) is 35.6 Å². The third-order valence-corrected chi connectivity index (χ3v) is 10.0. The molecule has 5 atom stereocenters. The molecule has 1 fully saturated rings. The van der Waals surface area contributed by atoms with Crippen LogP contribution in [0.4, 0.5) is 5.69 Å². The van der Waals surface area contributed by atoms with Gasteiger partial charge in [-0.05, 0) is 47.4 Å². The molecule has 1 aromatic heterocycles. The fraction of sp³-hybridized carbons (Fsp3) is 0.225. The van der Waals surface area contributed by atoms with Gasteiger partial charge in [-0.1, -0.05) is 78.3 Å². The van der Waals surface area contributed by atoms with Gasteiger partial charge in [-0.25, -0.2) is 0 Å². The van der Waals surface area contributed by atoms with Gasteiger partial charge in [0.25, 0.3) is 5.69 Å². The number of phenolic OH excluding ortho intramolecular Hbond substituents is 1. The number of nitro groups is 1. The summed E-state index contributed by atoms with van der Waals surface area (Å²) in [4.78, 5) is 84.3. The van der Waals surface area contributed by atoms with Crippen LogP contribution in [0.2, 0.25) is 5.02 Å². The number of H-pyrrole nitrogens is 1. The predicted octanol–water partition coefficient (Wildman–Crippen LogP) is 2.66. The summed E-state index contributed by atoms with van der Waals surface area (Å²) in [5.41, 5.74) is 14.4. The third kappa shape index (κ3) is 9.37. The van der Waals surface area contributed by atoms with Gasteiger partial charge in [0.15, 0.2) is 0 Å². The number of aromatic hydroxyl groups is 1. The van der Waals surface area contributed by atoms with Crippen LogP contribution in [0, 0.1) is 10.1 Å². The van der Waals surface area contributed by atoms with Crippen LogP contribution in [0.25, 0.3) is 10.9 Å². The van der Waals surface area contributed by atoms with Crippen LogP contribution in [0.5, 0.6) is 5.75 Å². The van der Waals surface area contributed by atoms with Crippen molar-refractivity contribution in [3.05, 3.63) is 141 Å². The zero-order chi connectivity index (χ0) is 40.8. The molecule has 16 nitrogen and oxygen atoms in total. The molecule has 294 valence electrons. The fourth-order valence-electron chi connectivity index (χ4n) is 6.83. The van der Waals surface area contributed by atoms with Crippen LogP contribution in [0.15, 0.2) is 103 Å². The Balaban J connectivity index is 1.36. The number of para-hydroxylation sites is 1. The minimum absolute atomic E-state index is 0.00744. The van der Waals surface area contributed by atoms with Crippen molar-refractivity contribution >= 4 is 57.7 Å². The number of nitrogens with one attached hydrogen (secondary N) is 4. The van der Waals surface area contributed by atoms with Crippen LogP contribution >= 0.6 is 11.6 Å². The molecule has 0 bridgehead atoms. The Hall–Kier alpha value is -6.78. The molecular formula is C40H39ClN8O8. The SMILES string of the molecule is NC(=O)[C@H](Cc1ccccc1)NC(=O)[C@H](Cc1c[nH]c2ccccc12)NC(=O)[C@@H]1CC(=O)NC(c2ccc(Cl)c([N+](=O)[O-])c2)N1C(=O)[C@@H](N)Cc1ccc(O)cc1. The number of carbonyl (C=O) groups excluding carboxylic acids is 5. The molecule has 0 aliphatic carbocycles. The normalized spacial score (nSPS) is 16.9. The first-order chi connectivity index (χ1) is 27.3. The molecule has 17 heteroatoms. The topological polar surface area (TPSA) is 256 Å². The van der Waals surface area contributed by atoms with Gasteiger partial charge in [0, 0.05) is 41.6 Å². The van der Waals surface area contributed by atoms with Crippen LogP contribution in [0.3, 0.4) is 0 Å². The molecule has 57 heavy (non-hydrogen) atoms. The van der Waals surface area contributed by atoms with Gasteiger partial charge in [0.05, 0.1) is 17.4 Å². The largest absolute Gasteiger partial charge is 0.508 e. The van der Waals surface area contributed by atoms with E-state index in [2.05, 4.69) is 20.9 Å². The fourth-order valence-corrected chi connectivity index (χ4v) is 7.01. The number of benzene rings is 4. The molecule has 0 radical (unpaired) electrons. The molecule has 4 aromatic carbocycles. The molecule has 9 N–H and O–H groups in total. The lowest BCUT2D eigenvalue weighted by atomic mass is 9.97. The summed E-state index contributed by atoms with van der Waals surface area (Å²) < 4.78 is 0. The van der Waals surface area contributed by atoms with Gasteiger partial charge in [-0.2, -0.15) is 0 Å². The zero-order valence-electron chi connectivity index (χ0n) is 30.3. The van der Waals surface area contributed by atoms with E-state index in [4.69, 9.17) is 23.1 Å². The molecule has 5 amide bonds. The highest BCUT2D eigenvalue weighted by atomic mass is 35.5. The Labute approximate surface area is 330 Å². The number of aromatic nitrogens is 1. The van der Waals surface area contributed by atoms with Crippen molar-refractivity contribution < 1.29 is 34.0 Å². The Morgan fingerprint density at radius 1 is 0.912 bits per heavy atom. The van der Waals surface area contributed by atoms with Crippen LogP contribution in [-0.4, -0.2) is 73.6 Å². The van der Waals surface area contributed by atoms with Gasteiger partial charge >= 0.3 is 0 Å². The van der Waals surface area contributed by atoms with E-state index in [1.807, 2.05) is 24.3 Å². The molecule has 1 saturated heterocycles. The average Bonchev–Trinajstić information content (AvgIpc) is 3.60. The van der Waals surface area contributed by atoms with Crippen LogP contribution in [0.1, 0.15) is 34.8 Å². The number of phenols is 1. The maximum absolute atomic E-state index is 14.5. The summed E-state index contributed by atoms with van der Waals surface area (Å²) in [6.45, 7) is 0. The minimum Gasteiger partial charge on any atom is -0.508 e. The number of nitrogens with zero attached hydrogens (tertiary/aromatic N) is 2. The first kappa shape index (κ1) is 39.9. The first-order valence-electron chi connectivity index (χ1n) is 17.9. The zero-order valence-corrected chi connectivity index (χ0v) is 31.0. The van der Waals surface area contributed by atoms with Crippen molar-refractivity contribution in [1.29, 1.82) is 0 Å². The van der Waals surface area contributed by atoms with E-state index in [1.54, 1.807) is 48.7 Å². The van der Waals surface area contributed by atoms with Crippen molar-refractivity contribution in [3.8, 4) is 5.75 Å². The molecule has 2 heterocycles. The van der Waals surface area contributed by atoms with Crippen molar-refractivity contribution in [3.63, 3.8) is 0 Å². The maximum Gasteiger partial charge on any atom is 0.288 e. The molecule has 0 saturated carbocycles. The van der Waals surface area contributed by atoms with Crippen molar-refractivity contribution in [1.82, 2.24) is 25.8 Å². The molecule has 1 aliphatic heterocycles. The lowest BCUT2D eigenvalue weighted by Gasteiger charge is -2.43. The number of aromatic amines is 1. The van der Waals surface area contributed by atoms with Crippen molar-refractivity contribution in [2.45, 2.75) is 56.0 Å². The van der Waals surface area contributed by atoms with E-state index < -0.39 is 76.9 Å². The number of hydrogen-bond acceptors (Lipinski definition) is 9. The highest BCUT2D eigenvalue weighted by Gasteiger charge is 2.45. The second-order valence-electron chi connectivity index (χ2n) is 13.7. The number of halogens is 1. The van der Waals surface area contributed by atoms with Gasteiger partial charge in [-0.15, -0.1) is 0 Å². The van der Waals surface area contributed by atoms with E-state index in [0.29, 0.717) is 11.1 Å². The van der Waals surface area contributed by atoms with Gasteiger partial charge < -0.3 is 42.4 Å². The van der Waals surface area contributed by atoms with Crippen molar-refractivity contribution in [2.24, 2.45) is 11.5 Å². The number of nitrogens with two attached hydrogens (primary N) is 2. The Bertz CT molecular complexity index is 2320. The molecule has 6 rings (SSSR count). The lowest BCUT2D eigenvalue weighted by Crippen LogP contribution is -2.64. The van der Waals surface area contributed by atoms with Crippen LogP contribution in [-0.2, 0) is 43.2 Å². The smallest absolute Gasteiger partial charge is 0.288 e. The Morgan fingerprint density at radius 3 is 2.30 bits per heavy atom. The molecule has 0 spiro atoms. The number of hydrogen-bond donors (Lipinski definition) is 7. The van der Waals surface area contributed by atoms with Gasteiger partial charge in [-0.3, -0.25) is 34.1 Å². The molecular weight excluding hydrogens is 756 g/mol. The summed E-state index contributed by atoms with van der Waals surface area (Å²) in [7, 11) is 0. The van der Waals surface area contributed by atoms with Gasteiger partial charge in [0.1, 0.15) is 35.1 Å².